The summed E-state index contributed by atoms with van der Waals surface area (Å²) < 4.78 is 4.91. The van der Waals surface area contributed by atoms with Crippen LogP contribution in [0, 0.1) is 11.8 Å². The van der Waals surface area contributed by atoms with Crippen molar-refractivity contribution in [2.45, 2.75) is 25.4 Å². The van der Waals surface area contributed by atoms with Crippen LogP contribution in [-0.2, 0) is 19.1 Å². The number of hydrogen-bond donors (Lipinski definition) is 1. The first-order valence-corrected chi connectivity index (χ1v) is 8.16. The van der Waals surface area contributed by atoms with Gasteiger partial charge in [-0.3, -0.25) is 14.5 Å². The second kappa shape index (κ2) is 5.17. The minimum atomic E-state index is -1.06. The van der Waals surface area contributed by atoms with Gasteiger partial charge in [-0.15, -0.1) is 11.3 Å². The second-order valence-electron chi connectivity index (χ2n) is 5.91. The molecule has 2 saturated heterocycles. The van der Waals surface area contributed by atoms with Crippen molar-refractivity contribution >= 4 is 29.1 Å². The van der Waals surface area contributed by atoms with Gasteiger partial charge >= 0.3 is 5.97 Å². The lowest BCUT2D eigenvalue weighted by molar-refractivity contribution is -0.730. The summed E-state index contributed by atoms with van der Waals surface area (Å²) in [5.41, 5.74) is -1.06. The van der Waals surface area contributed by atoms with E-state index in [2.05, 4.69) is 0 Å². The summed E-state index contributed by atoms with van der Waals surface area (Å²) in [6.07, 6.45) is 0. The van der Waals surface area contributed by atoms with Crippen LogP contribution in [0.15, 0.2) is 17.5 Å². The van der Waals surface area contributed by atoms with E-state index >= 15 is 0 Å². The summed E-state index contributed by atoms with van der Waals surface area (Å²) in [6, 6.07) is 3.63. The Hall–Kier alpha value is -1.73. The van der Waals surface area contributed by atoms with Gasteiger partial charge in [-0.05, 0) is 18.4 Å². The molecule has 0 saturated carbocycles. The number of carbonyl (C=O) groups excluding carboxylic acids is 3. The number of likely N-dealkylation sites (tertiary alicyclic amines) is 1. The highest BCUT2D eigenvalue weighted by molar-refractivity contribution is 7.10. The summed E-state index contributed by atoms with van der Waals surface area (Å²) in [5, 5.41) is 3.77. The number of imide groups is 1. The highest BCUT2D eigenvalue weighted by Gasteiger charge is 2.70. The molecule has 0 spiro atoms. The van der Waals surface area contributed by atoms with Gasteiger partial charge in [0.15, 0.2) is 0 Å². The number of methoxy groups -OCH3 is 1. The maximum atomic E-state index is 12.7. The summed E-state index contributed by atoms with van der Waals surface area (Å²) in [4.78, 5) is 39.9. The molecule has 0 unspecified atom stereocenters. The standard InChI is InChI=1S/C15H18N2O4S/c1-4-17-12(18)9-10(13(17)19)15(2,14(20)21-3)16-11(9)8-6-5-7-22-8/h5-7,9-11,16H,4H2,1-3H3/p+1/t9-,10+,11+,15-/m1/s1. The Kier molecular flexibility index (Phi) is 3.57. The number of nitrogens with two attached hydrogens (primary N) is 1. The number of amides is 2. The number of quaternary nitrogens is 1. The summed E-state index contributed by atoms with van der Waals surface area (Å²) in [5.74, 6) is -2.07. The Morgan fingerprint density at radius 1 is 1.45 bits per heavy atom. The molecule has 2 fully saturated rings. The number of ether oxygens (including phenoxy) is 1. The van der Waals surface area contributed by atoms with Gasteiger partial charge in [0.1, 0.15) is 17.9 Å². The predicted octanol–water partition coefficient (Wildman–Crippen LogP) is -0.0810. The van der Waals surface area contributed by atoms with Gasteiger partial charge < -0.3 is 10.1 Å². The Labute approximate surface area is 132 Å². The van der Waals surface area contributed by atoms with Gasteiger partial charge in [0.25, 0.3) is 0 Å². The third kappa shape index (κ3) is 1.85. The zero-order chi connectivity index (χ0) is 16.1. The summed E-state index contributed by atoms with van der Waals surface area (Å²) >= 11 is 1.54. The molecule has 3 heterocycles. The van der Waals surface area contributed by atoms with Crippen molar-refractivity contribution in [2.75, 3.05) is 13.7 Å². The average molecular weight is 323 g/mol. The van der Waals surface area contributed by atoms with Crippen LogP contribution in [0.3, 0.4) is 0 Å². The minimum absolute atomic E-state index is 0.181. The molecule has 3 rings (SSSR count). The van der Waals surface area contributed by atoms with Crippen LogP contribution in [0.1, 0.15) is 24.8 Å². The molecule has 0 aliphatic carbocycles. The van der Waals surface area contributed by atoms with Crippen molar-refractivity contribution in [3.05, 3.63) is 22.4 Å². The van der Waals surface area contributed by atoms with E-state index in [1.807, 2.05) is 22.8 Å². The first-order valence-electron chi connectivity index (χ1n) is 7.28. The van der Waals surface area contributed by atoms with Crippen LogP contribution >= 0.6 is 11.3 Å². The molecule has 2 amide bonds. The van der Waals surface area contributed by atoms with Gasteiger partial charge in [0.2, 0.25) is 17.4 Å². The molecule has 7 heteroatoms. The Bertz CT molecular complexity index is 629. The van der Waals surface area contributed by atoms with Crippen LogP contribution in [0.5, 0.6) is 0 Å². The summed E-state index contributed by atoms with van der Waals surface area (Å²) in [6.45, 7) is 3.81. The zero-order valence-electron chi connectivity index (χ0n) is 12.7. The molecule has 1 aromatic rings. The molecular formula is C15H19N2O4S+. The fraction of sp³-hybridized carbons (Fsp3) is 0.533. The Morgan fingerprint density at radius 3 is 2.73 bits per heavy atom. The second-order valence-corrected chi connectivity index (χ2v) is 6.89. The average Bonchev–Trinajstić information content (AvgIpc) is 3.17. The lowest BCUT2D eigenvalue weighted by Gasteiger charge is -2.25. The lowest BCUT2D eigenvalue weighted by atomic mass is 9.81. The maximum absolute atomic E-state index is 12.7. The quantitative estimate of drug-likeness (QED) is 0.623. The van der Waals surface area contributed by atoms with Crippen molar-refractivity contribution in [1.82, 2.24) is 4.90 Å². The number of fused-ring (bicyclic) bond motifs is 1. The van der Waals surface area contributed by atoms with Gasteiger partial charge in [-0.25, -0.2) is 4.79 Å². The predicted molar refractivity (Wildman–Crippen MR) is 78.8 cm³/mol. The number of rotatable bonds is 3. The molecule has 0 radical (unpaired) electrons. The van der Waals surface area contributed by atoms with Crippen molar-refractivity contribution in [1.29, 1.82) is 0 Å². The van der Waals surface area contributed by atoms with E-state index in [1.165, 1.54) is 23.3 Å². The van der Waals surface area contributed by atoms with E-state index in [0.717, 1.165) is 4.88 Å². The highest BCUT2D eigenvalue weighted by atomic mass is 32.1. The fourth-order valence-corrected chi connectivity index (χ4v) is 4.63. The Morgan fingerprint density at radius 2 is 2.18 bits per heavy atom. The van der Waals surface area contributed by atoms with Crippen LogP contribution in [0.4, 0.5) is 0 Å². The van der Waals surface area contributed by atoms with Crippen LogP contribution in [0.2, 0.25) is 0 Å². The summed E-state index contributed by atoms with van der Waals surface area (Å²) in [7, 11) is 1.31. The molecule has 6 nitrogen and oxygen atoms in total. The molecule has 2 N–H and O–H groups in total. The van der Waals surface area contributed by atoms with E-state index in [9.17, 15) is 14.4 Å². The number of hydrogen-bond acceptors (Lipinski definition) is 5. The number of carbonyl (C=O) groups is 3. The molecule has 118 valence electrons. The third-order valence-electron chi connectivity index (χ3n) is 4.81. The molecule has 0 aromatic carbocycles. The van der Waals surface area contributed by atoms with Crippen molar-refractivity contribution < 1.29 is 24.4 Å². The van der Waals surface area contributed by atoms with E-state index in [4.69, 9.17) is 4.74 Å². The highest BCUT2D eigenvalue weighted by Crippen LogP contribution is 2.45. The molecule has 1 aromatic heterocycles. The SMILES string of the molecule is CCN1C(=O)[C@@H]2[C@@H](C1=O)[C@](C)(C(=O)OC)[NH2+][C@H]2c1cccs1. The van der Waals surface area contributed by atoms with Crippen LogP contribution < -0.4 is 5.32 Å². The van der Waals surface area contributed by atoms with E-state index in [0.29, 0.717) is 6.54 Å². The van der Waals surface area contributed by atoms with Gasteiger partial charge in [0, 0.05) is 13.5 Å². The van der Waals surface area contributed by atoms with E-state index in [1.54, 1.807) is 13.8 Å². The van der Waals surface area contributed by atoms with E-state index < -0.39 is 23.3 Å². The van der Waals surface area contributed by atoms with Crippen LogP contribution in [0.25, 0.3) is 0 Å². The largest absolute Gasteiger partial charge is 0.464 e. The van der Waals surface area contributed by atoms with Crippen LogP contribution in [-0.4, -0.2) is 41.9 Å². The van der Waals surface area contributed by atoms with Crippen molar-refractivity contribution in [3.8, 4) is 0 Å². The molecular weight excluding hydrogens is 304 g/mol. The molecule has 2 aliphatic heterocycles. The third-order valence-corrected chi connectivity index (χ3v) is 5.79. The normalized spacial score (nSPS) is 34.1. The van der Waals surface area contributed by atoms with Crippen molar-refractivity contribution in [2.24, 2.45) is 11.8 Å². The van der Waals surface area contributed by atoms with Gasteiger partial charge in [0.05, 0.1) is 12.0 Å². The van der Waals surface area contributed by atoms with Gasteiger partial charge in [-0.2, -0.15) is 0 Å². The van der Waals surface area contributed by atoms with Crippen molar-refractivity contribution in [3.63, 3.8) is 0 Å². The zero-order valence-corrected chi connectivity index (χ0v) is 13.6. The molecule has 22 heavy (non-hydrogen) atoms. The molecule has 2 aliphatic rings. The lowest BCUT2D eigenvalue weighted by Crippen LogP contribution is -2.97. The molecule has 4 atom stereocenters. The topological polar surface area (TPSA) is 80.3 Å². The molecule has 0 bridgehead atoms. The smallest absolute Gasteiger partial charge is 0.368 e. The Balaban J connectivity index is 2.09. The number of nitrogens with zero attached hydrogens (tertiary/aromatic N) is 1. The monoisotopic (exact) mass is 323 g/mol. The first-order chi connectivity index (χ1) is 10.5. The fourth-order valence-electron chi connectivity index (χ4n) is 3.79. The maximum Gasteiger partial charge on any atom is 0.368 e. The number of esters is 1. The first kappa shape index (κ1) is 15.2. The van der Waals surface area contributed by atoms with Gasteiger partial charge in [-0.1, -0.05) is 6.07 Å². The minimum Gasteiger partial charge on any atom is -0.464 e. The van der Waals surface area contributed by atoms with E-state index in [-0.39, 0.29) is 17.9 Å². The number of thiophene rings is 1.